The first kappa shape index (κ1) is 6.23. The van der Waals surface area contributed by atoms with Gasteiger partial charge >= 0.3 is 0 Å². The minimum atomic E-state index is 0.875. The van der Waals surface area contributed by atoms with Crippen LogP contribution in [0.2, 0.25) is 0 Å². The SMILES string of the molecule is CN(C)SOO. The highest BCUT2D eigenvalue weighted by Crippen LogP contribution is 1.99. The molecule has 0 aromatic rings. The minimum absolute atomic E-state index is 0.875. The second-order valence-corrected chi connectivity index (χ2v) is 1.99. The van der Waals surface area contributed by atoms with Gasteiger partial charge in [-0.1, -0.05) is 0 Å². The molecule has 0 rings (SSSR count). The third-order valence-electron chi connectivity index (χ3n) is 0.182. The molecule has 0 aliphatic carbocycles. The van der Waals surface area contributed by atoms with Gasteiger partial charge in [0.1, 0.15) is 12.2 Å². The summed E-state index contributed by atoms with van der Waals surface area (Å²) in [5.74, 6) is 0. The van der Waals surface area contributed by atoms with E-state index in [-0.39, 0.29) is 0 Å². The first-order valence-corrected chi connectivity index (χ1v) is 2.12. The van der Waals surface area contributed by atoms with E-state index in [0.717, 1.165) is 12.2 Å². The average Bonchev–Trinajstić information content (AvgIpc) is 1.35. The third-order valence-corrected chi connectivity index (χ3v) is 0.547. The molecule has 0 aromatic heterocycles. The fraction of sp³-hybridized carbons (Fsp3) is 1.00. The van der Waals surface area contributed by atoms with Crippen LogP contribution >= 0.6 is 12.2 Å². The molecular formula is C2H7NO2S. The van der Waals surface area contributed by atoms with E-state index in [1.165, 1.54) is 0 Å². The molecule has 0 aliphatic heterocycles. The lowest BCUT2D eigenvalue weighted by molar-refractivity contribution is -0.119. The van der Waals surface area contributed by atoms with Crippen LogP contribution in [0.25, 0.3) is 0 Å². The lowest BCUT2D eigenvalue weighted by Crippen LogP contribution is -1.98. The van der Waals surface area contributed by atoms with Crippen molar-refractivity contribution < 1.29 is 9.59 Å². The Morgan fingerprint density at radius 2 is 2.17 bits per heavy atom. The van der Waals surface area contributed by atoms with Crippen LogP contribution in [0.5, 0.6) is 0 Å². The maximum Gasteiger partial charge on any atom is 0.120 e. The van der Waals surface area contributed by atoms with Crippen molar-refractivity contribution in [1.29, 1.82) is 0 Å². The second kappa shape index (κ2) is 3.42. The van der Waals surface area contributed by atoms with Crippen LogP contribution in [0.1, 0.15) is 0 Å². The predicted octanol–water partition coefficient (Wildman–Crippen LogP) is 0.601. The highest BCUT2D eigenvalue weighted by molar-refractivity contribution is 7.92. The first-order valence-electron chi connectivity index (χ1n) is 1.43. The van der Waals surface area contributed by atoms with Gasteiger partial charge in [-0.25, -0.2) is 9.56 Å². The van der Waals surface area contributed by atoms with E-state index >= 15 is 0 Å². The van der Waals surface area contributed by atoms with Crippen LogP contribution < -0.4 is 0 Å². The van der Waals surface area contributed by atoms with Crippen molar-refractivity contribution >= 4 is 12.2 Å². The molecule has 0 atom stereocenters. The molecule has 0 unspecified atom stereocenters. The largest absolute Gasteiger partial charge is 0.238 e. The molecule has 0 saturated heterocycles. The van der Waals surface area contributed by atoms with Crippen molar-refractivity contribution in [3.05, 3.63) is 0 Å². The van der Waals surface area contributed by atoms with Gasteiger partial charge < -0.3 is 0 Å². The van der Waals surface area contributed by atoms with Crippen molar-refractivity contribution in [3.63, 3.8) is 0 Å². The number of hydrogen-bond donors (Lipinski definition) is 1. The van der Waals surface area contributed by atoms with Gasteiger partial charge in [-0.15, -0.1) is 4.33 Å². The van der Waals surface area contributed by atoms with Crippen LogP contribution in [-0.4, -0.2) is 23.7 Å². The van der Waals surface area contributed by atoms with Crippen molar-refractivity contribution in [2.45, 2.75) is 0 Å². The van der Waals surface area contributed by atoms with E-state index in [0.29, 0.717) is 0 Å². The molecule has 0 saturated carbocycles. The summed E-state index contributed by atoms with van der Waals surface area (Å²) in [6, 6.07) is 0. The molecule has 0 aromatic carbocycles. The van der Waals surface area contributed by atoms with Crippen LogP contribution in [0.4, 0.5) is 0 Å². The lowest BCUT2D eigenvalue weighted by Gasteiger charge is -1.99. The van der Waals surface area contributed by atoms with E-state index in [2.05, 4.69) is 4.33 Å². The minimum Gasteiger partial charge on any atom is -0.238 e. The van der Waals surface area contributed by atoms with Crippen LogP contribution in [0.15, 0.2) is 0 Å². The summed E-state index contributed by atoms with van der Waals surface area (Å²) in [6.07, 6.45) is 0. The molecule has 38 valence electrons. The molecule has 4 heteroatoms. The summed E-state index contributed by atoms with van der Waals surface area (Å²) in [6.45, 7) is 0. The van der Waals surface area contributed by atoms with E-state index in [4.69, 9.17) is 5.26 Å². The Bertz CT molecular complexity index is 32.7. The maximum atomic E-state index is 7.66. The van der Waals surface area contributed by atoms with Gasteiger partial charge in [-0.2, -0.15) is 0 Å². The summed E-state index contributed by atoms with van der Waals surface area (Å²) in [7, 11) is 3.53. The number of nitrogens with zero attached hydrogens (tertiary/aromatic N) is 1. The van der Waals surface area contributed by atoms with E-state index in [9.17, 15) is 0 Å². The van der Waals surface area contributed by atoms with Gasteiger partial charge in [0.15, 0.2) is 0 Å². The zero-order valence-electron chi connectivity index (χ0n) is 3.71. The Kier molecular flexibility index (Phi) is 3.55. The fourth-order valence-electron chi connectivity index (χ4n) is 0.0667. The smallest absolute Gasteiger partial charge is 0.120 e. The lowest BCUT2D eigenvalue weighted by atomic mass is 11.3. The zero-order chi connectivity index (χ0) is 4.99. The van der Waals surface area contributed by atoms with Crippen molar-refractivity contribution in [3.8, 4) is 0 Å². The summed E-state index contributed by atoms with van der Waals surface area (Å²) in [5, 5.41) is 7.66. The Balaban J connectivity index is 2.63. The molecule has 0 amide bonds. The summed E-state index contributed by atoms with van der Waals surface area (Å²) in [4.78, 5) is 0. The van der Waals surface area contributed by atoms with E-state index < -0.39 is 0 Å². The predicted molar refractivity (Wildman–Crippen MR) is 25.0 cm³/mol. The molecule has 6 heavy (non-hydrogen) atoms. The van der Waals surface area contributed by atoms with Crippen LogP contribution in [-0.2, 0) is 4.33 Å². The van der Waals surface area contributed by atoms with Gasteiger partial charge in [0, 0.05) is 0 Å². The molecule has 0 spiro atoms. The van der Waals surface area contributed by atoms with Crippen molar-refractivity contribution in [1.82, 2.24) is 4.31 Å². The van der Waals surface area contributed by atoms with E-state index in [1.807, 2.05) is 0 Å². The van der Waals surface area contributed by atoms with Gasteiger partial charge in [0.2, 0.25) is 0 Å². The quantitative estimate of drug-likeness (QED) is 0.243. The molecule has 0 radical (unpaired) electrons. The Labute approximate surface area is 41.2 Å². The Morgan fingerprint density at radius 1 is 1.67 bits per heavy atom. The third kappa shape index (κ3) is 4.23. The monoisotopic (exact) mass is 109 g/mol. The van der Waals surface area contributed by atoms with Crippen LogP contribution in [0, 0.1) is 0 Å². The zero-order valence-corrected chi connectivity index (χ0v) is 4.53. The maximum absolute atomic E-state index is 7.66. The number of rotatable bonds is 2. The molecule has 1 N–H and O–H groups in total. The van der Waals surface area contributed by atoms with E-state index in [1.54, 1.807) is 18.4 Å². The molecule has 3 nitrogen and oxygen atoms in total. The molecule has 0 fully saturated rings. The average molecular weight is 109 g/mol. The summed E-state index contributed by atoms with van der Waals surface area (Å²) < 4.78 is 5.27. The molecule has 0 bridgehead atoms. The standard InChI is InChI=1S/C2H7NO2S/c1-3(2)6-5-4/h4H,1-2H3. The Hall–Kier alpha value is 0.230. The van der Waals surface area contributed by atoms with Gasteiger partial charge in [0.05, 0.1) is 0 Å². The normalized spacial score (nSPS) is 10.0. The van der Waals surface area contributed by atoms with Crippen LogP contribution in [0.3, 0.4) is 0 Å². The van der Waals surface area contributed by atoms with Crippen molar-refractivity contribution in [2.75, 3.05) is 14.1 Å². The first-order chi connectivity index (χ1) is 2.77. The topological polar surface area (TPSA) is 32.7 Å². The number of hydrogen-bond acceptors (Lipinski definition) is 4. The van der Waals surface area contributed by atoms with Crippen molar-refractivity contribution in [2.24, 2.45) is 0 Å². The van der Waals surface area contributed by atoms with Gasteiger partial charge in [-0.05, 0) is 14.1 Å². The highest BCUT2D eigenvalue weighted by Gasteiger charge is 1.83. The molecule has 0 heterocycles. The summed E-state index contributed by atoms with van der Waals surface area (Å²) >= 11 is 0.875. The second-order valence-electron chi connectivity index (χ2n) is 0.961. The van der Waals surface area contributed by atoms with Gasteiger partial charge in [-0.3, -0.25) is 0 Å². The summed E-state index contributed by atoms with van der Waals surface area (Å²) in [5.41, 5.74) is 0. The molecule has 0 aliphatic rings. The highest BCUT2D eigenvalue weighted by atomic mass is 32.2. The Morgan fingerprint density at radius 3 is 2.17 bits per heavy atom. The van der Waals surface area contributed by atoms with Gasteiger partial charge in [0.25, 0.3) is 0 Å². The fourth-order valence-corrected chi connectivity index (χ4v) is 0.200. The molecular weight excluding hydrogens is 102 g/mol.